The Bertz CT molecular complexity index is 546. The highest BCUT2D eigenvalue weighted by Crippen LogP contribution is 2.27. The summed E-state index contributed by atoms with van der Waals surface area (Å²) in [6.45, 7) is 0. The molecule has 1 unspecified atom stereocenters. The quantitative estimate of drug-likeness (QED) is 0.742. The first kappa shape index (κ1) is 11.5. The van der Waals surface area contributed by atoms with Crippen molar-refractivity contribution in [2.24, 2.45) is 0 Å². The maximum atomic E-state index is 10.6. The average Bonchev–Trinajstić information content (AvgIpc) is 2.72. The molecule has 0 saturated heterocycles. The molecule has 2 aromatic rings. The molecular weight excluding hydrogens is 222 g/mol. The number of benzene rings is 1. The number of aromatic nitrogens is 1. The molecular formula is C12H13NO4. The third-order valence-electron chi connectivity index (χ3n) is 2.68. The minimum absolute atomic E-state index is 0.0719. The van der Waals surface area contributed by atoms with Crippen LogP contribution >= 0.6 is 0 Å². The van der Waals surface area contributed by atoms with E-state index < -0.39 is 12.1 Å². The van der Waals surface area contributed by atoms with Crippen LogP contribution in [0.3, 0.4) is 0 Å². The largest absolute Gasteiger partial charge is 0.495 e. The van der Waals surface area contributed by atoms with Gasteiger partial charge in [-0.25, -0.2) is 4.79 Å². The predicted molar refractivity (Wildman–Crippen MR) is 62.2 cm³/mol. The van der Waals surface area contributed by atoms with Crippen LogP contribution in [0.25, 0.3) is 10.9 Å². The maximum absolute atomic E-state index is 10.6. The molecule has 5 nitrogen and oxygen atoms in total. The number of hydrogen-bond acceptors (Lipinski definition) is 3. The number of para-hydroxylation sites is 1. The lowest BCUT2D eigenvalue weighted by Gasteiger charge is -2.04. The summed E-state index contributed by atoms with van der Waals surface area (Å²) in [6, 6.07) is 5.50. The SMILES string of the molecule is COc1cccc2c(CC(O)C(=O)O)c[nH]c12. The first-order valence-electron chi connectivity index (χ1n) is 5.17. The Morgan fingerprint density at radius 2 is 2.29 bits per heavy atom. The second-order valence-corrected chi connectivity index (χ2v) is 3.75. The van der Waals surface area contributed by atoms with Gasteiger partial charge in [-0.15, -0.1) is 0 Å². The molecule has 1 heterocycles. The molecule has 0 bridgehead atoms. The summed E-state index contributed by atoms with van der Waals surface area (Å²) in [5, 5.41) is 18.9. The summed E-state index contributed by atoms with van der Waals surface area (Å²) in [6.07, 6.45) is 0.377. The molecule has 0 aliphatic carbocycles. The number of nitrogens with one attached hydrogen (secondary N) is 1. The molecule has 2 rings (SSSR count). The highest BCUT2D eigenvalue weighted by Gasteiger charge is 2.16. The van der Waals surface area contributed by atoms with E-state index >= 15 is 0 Å². The lowest BCUT2D eigenvalue weighted by Crippen LogP contribution is -2.21. The van der Waals surface area contributed by atoms with E-state index in [1.165, 1.54) is 0 Å². The summed E-state index contributed by atoms with van der Waals surface area (Å²) in [5.41, 5.74) is 1.57. The van der Waals surface area contributed by atoms with Gasteiger partial charge in [-0.05, 0) is 11.6 Å². The number of carbonyl (C=O) groups is 1. The number of hydrogen-bond donors (Lipinski definition) is 3. The van der Waals surface area contributed by atoms with Crippen molar-refractivity contribution in [3.8, 4) is 5.75 Å². The van der Waals surface area contributed by atoms with Gasteiger partial charge in [0.2, 0.25) is 0 Å². The first-order chi connectivity index (χ1) is 8.13. The summed E-state index contributed by atoms with van der Waals surface area (Å²) in [7, 11) is 1.57. The second-order valence-electron chi connectivity index (χ2n) is 3.75. The number of ether oxygens (including phenoxy) is 1. The second kappa shape index (κ2) is 4.47. The van der Waals surface area contributed by atoms with Crippen molar-refractivity contribution in [3.63, 3.8) is 0 Å². The van der Waals surface area contributed by atoms with Crippen molar-refractivity contribution in [1.29, 1.82) is 0 Å². The van der Waals surface area contributed by atoms with E-state index in [-0.39, 0.29) is 6.42 Å². The Hall–Kier alpha value is -2.01. The lowest BCUT2D eigenvalue weighted by molar-refractivity contribution is -0.146. The van der Waals surface area contributed by atoms with Crippen LogP contribution in [0.15, 0.2) is 24.4 Å². The Balaban J connectivity index is 2.40. The van der Waals surface area contributed by atoms with Gasteiger partial charge in [-0.2, -0.15) is 0 Å². The molecule has 0 radical (unpaired) electrons. The monoisotopic (exact) mass is 235 g/mol. The maximum Gasteiger partial charge on any atom is 0.332 e. The van der Waals surface area contributed by atoms with Gasteiger partial charge in [0, 0.05) is 18.0 Å². The van der Waals surface area contributed by atoms with Gasteiger partial charge >= 0.3 is 5.97 Å². The van der Waals surface area contributed by atoms with Crippen molar-refractivity contribution in [3.05, 3.63) is 30.0 Å². The molecule has 90 valence electrons. The number of fused-ring (bicyclic) bond motifs is 1. The van der Waals surface area contributed by atoms with E-state index in [2.05, 4.69) is 4.98 Å². The molecule has 0 aliphatic heterocycles. The van der Waals surface area contributed by atoms with Crippen LogP contribution in [0, 0.1) is 0 Å². The highest BCUT2D eigenvalue weighted by atomic mass is 16.5. The topological polar surface area (TPSA) is 82.6 Å². The molecule has 0 saturated carbocycles. The molecule has 0 aliphatic rings. The molecule has 0 fully saturated rings. The Morgan fingerprint density at radius 3 is 2.94 bits per heavy atom. The van der Waals surface area contributed by atoms with Crippen LogP contribution < -0.4 is 4.74 Å². The van der Waals surface area contributed by atoms with Crippen LogP contribution in [0.2, 0.25) is 0 Å². The van der Waals surface area contributed by atoms with Crippen LogP contribution in [0.1, 0.15) is 5.56 Å². The summed E-state index contributed by atoms with van der Waals surface area (Å²) < 4.78 is 5.18. The third-order valence-corrected chi connectivity index (χ3v) is 2.68. The van der Waals surface area contributed by atoms with E-state index in [1.54, 1.807) is 13.3 Å². The fourth-order valence-electron chi connectivity index (χ4n) is 1.82. The average molecular weight is 235 g/mol. The first-order valence-corrected chi connectivity index (χ1v) is 5.17. The number of aromatic amines is 1. The van der Waals surface area contributed by atoms with Gasteiger partial charge in [0.1, 0.15) is 5.75 Å². The van der Waals surface area contributed by atoms with Crippen molar-refractivity contribution in [2.45, 2.75) is 12.5 Å². The fourth-order valence-corrected chi connectivity index (χ4v) is 1.82. The van der Waals surface area contributed by atoms with Gasteiger partial charge in [0.15, 0.2) is 6.10 Å². The number of aliphatic hydroxyl groups is 1. The number of aliphatic hydroxyl groups excluding tert-OH is 1. The van der Waals surface area contributed by atoms with Crippen molar-refractivity contribution >= 4 is 16.9 Å². The molecule has 0 spiro atoms. The van der Waals surface area contributed by atoms with Crippen LogP contribution in [0.5, 0.6) is 5.75 Å². The summed E-state index contributed by atoms with van der Waals surface area (Å²) in [4.78, 5) is 13.6. The van der Waals surface area contributed by atoms with Crippen molar-refractivity contribution in [2.75, 3.05) is 7.11 Å². The number of rotatable bonds is 4. The zero-order valence-electron chi connectivity index (χ0n) is 9.30. The zero-order valence-corrected chi connectivity index (χ0v) is 9.30. The van der Waals surface area contributed by atoms with Gasteiger partial charge in [0.25, 0.3) is 0 Å². The van der Waals surface area contributed by atoms with Gasteiger partial charge < -0.3 is 19.9 Å². The lowest BCUT2D eigenvalue weighted by atomic mass is 10.1. The van der Waals surface area contributed by atoms with E-state index in [1.807, 2.05) is 18.2 Å². The van der Waals surface area contributed by atoms with Gasteiger partial charge in [0.05, 0.1) is 12.6 Å². The van der Waals surface area contributed by atoms with Crippen LogP contribution in [0.4, 0.5) is 0 Å². The molecule has 3 N–H and O–H groups in total. The van der Waals surface area contributed by atoms with Gasteiger partial charge in [-0.1, -0.05) is 12.1 Å². The van der Waals surface area contributed by atoms with Gasteiger partial charge in [-0.3, -0.25) is 0 Å². The zero-order chi connectivity index (χ0) is 12.4. The molecule has 1 aromatic heterocycles. The number of H-pyrrole nitrogens is 1. The third kappa shape index (κ3) is 2.09. The minimum Gasteiger partial charge on any atom is -0.495 e. The number of methoxy groups -OCH3 is 1. The number of aliphatic carboxylic acids is 1. The molecule has 0 amide bonds. The molecule has 1 aromatic carbocycles. The van der Waals surface area contributed by atoms with E-state index in [0.29, 0.717) is 5.75 Å². The summed E-state index contributed by atoms with van der Waals surface area (Å²) >= 11 is 0. The van der Waals surface area contributed by atoms with Crippen LogP contribution in [-0.4, -0.2) is 34.4 Å². The van der Waals surface area contributed by atoms with Crippen LogP contribution in [-0.2, 0) is 11.2 Å². The smallest absolute Gasteiger partial charge is 0.332 e. The fraction of sp³-hybridized carbons (Fsp3) is 0.250. The Morgan fingerprint density at radius 1 is 1.53 bits per heavy atom. The van der Waals surface area contributed by atoms with E-state index in [0.717, 1.165) is 16.5 Å². The molecule has 5 heteroatoms. The number of carboxylic acid groups (broad SMARTS) is 1. The van der Waals surface area contributed by atoms with Crippen molar-refractivity contribution in [1.82, 2.24) is 4.98 Å². The Kier molecular flexibility index (Phi) is 3.01. The molecule has 17 heavy (non-hydrogen) atoms. The highest BCUT2D eigenvalue weighted by molar-refractivity contribution is 5.88. The van der Waals surface area contributed by atoms with E-state index in [9.17, 15) is 9.90 Å². The Labute approximate surface area is 97.6 Å². The molecule has 1 atom stereocenters. The summed E-state index contributed by atoms with van der Waals surface area (Å²) in [5.74, 6) is -0.527. The normalized spacial score (nSPS) is 12.6. The number of carboxylic acids is 1. The van der Waals surface area contributed by atoms with E-state index in [4.69, 9.17) is 9.84 Å². The standard InChI is InChI=1S/C12H13NO4/c1-17-10-4-2-3-8-7(6-13-11(8)10)5-9(14)12(15)16/h2-4,6,9,13-14H,5H2,1H3,(H,15,16). The van der Waals surface area contributed by atoms with Crippen molar-refractivity contribution < 1.29 is 19.7 Å². The predicted octanol–water partition coefficient (Wildman–Crippen LogP) is 1.16. The minimum atomic E-state index is -1.39.